The lowest BCUT2D eigenvalue weighted by Crippen LogP contribution is -2.45. The van der Waals surface area contributed by atoms with Gasteiger partial charge in [0, 0.05) is 12.1 Å². The first kappa shape index (κ1) is 16.6. The van der Waals surface area contributed by atoms with Crippen molar-refractivity contribution in [3.8, 4) is 0 Å². The normalized spacial score (nSPS) is 16.2. The Morgan fingerprint density at radius 1 is 1.44 bits per heavy atom. The van der Waals surface area contributed by atoms with Crippen molar-refractivity contribution in [2.45, 2.75) is 38.0 Å². The lowest BCUT2D eigenvalue weighted by Gasteiger charge is -2.17. The van der Waals surface area contributed by atoms with Gasteiger partial charge >= 0.3 is 5.97 Å². The Bertz CT molecular complexity index is 307. The predicted molar refractivity (Wildman–Crippen MR) is 66.7 cm³/mol. The number of carbonyl (C=O) groups is 2. The number of amides is 1. The Kier molecular flexibility index (Phi) is 7.93. The van der Waals surface area contributed by atoms with Crippen molar-refractivity contribution in [2.75, 3.05) is 6.54 Å². The van der Waals surface area contributed by atoms with Crippen LogP contribution in [0, 0.1) is 0 Å². The lowest BCUT2D eigenvalue weighted by molar-refractivity contribution is -0.131. The first-order valence-electron chi connectivity index (χ1n) is 5.72. The van der Waals surface area contributed by atoms with Gasteiger partial charge in [0.15, 0.2) is 0 Å². The third-order valence-electron chi connectivity index (χ3n) is 2.26. The van der Waals surface area contributed by atoms with Crippen molar-refractivity contribution in [1.82, 2.24) is 5.32 Å². The molecule has 0 aromatic heterocycles. The fourth-order valence-electron chi connectivity index (χ4n) is 1.32. The highest BCUT2D eigenvalue weighted by Crippen LogP contribution is 2.00. The summed E-state index contributed by atoms with van der Waals surface area (Å²) in [6.45, 7) is 1.95. The molecule has 7 N–H and O–H groups in total. The van der Waals surface area contributed by atoms with Crippen LogP contribution in [0.25, 0.3) is 0 Å². The quantitative estimate of drug-likeness (QED) is 0.338. The van der Waals surface area contributed by atoms with Crippen LogP contribution in [0.2, 0.25) is 0 Å². The van der Waals surface area contributed by atoms with Gasteiger partial charge < -0.3 is 27.0 Å². The molecule has 2 unspecified atom stereocenters. The van der Waals surface area contributed by atoms with Crippen molar-refractivity contribution in [2.24, 2.45) is 11.5 Å². The van der Waals surface area contributed by atoms with E-state index in [1.54, 1.807) is 6.92 Å². The SMILES string of the molecule is CC(/C=C/C(=O)O)NC(=O)C(N)C[C@H](O)CCN. The predicted octanol–water partition coefficient (Wildman–Crippen LogP) is -1.44. The highest BCUT2D eigenvalue weighted by molar-refractivity contribution is 5.82. The van der Waals surface area contributed by atoms with Crippen LogP contribution in [-0.2, 0) is 9.59 Å². The summed E-state index contributed by atoms with van der Waals surface area (Å²) in [5, 5.41) is 20.4. The average Bonchev–Trinajstić information content (AvgIpc) is 2.26. The highest BCUT2D eigenvalue weighted by atomic mass is 16.4. The zero-order valence-electron chi connectivity index (χ0n) is 10.4. The molecule has 3 atom stereocenters. The van der Waals surface area contributed by atoms with Gasteiger partial charge in [-0.2, -0.15) is 0 Å². The van der Waals surface area contributed by atoms with E-state index in [0.717, 1.165) is 6.08 Å². The molecule has 0 bridgehead atoms. The lowest BCUT2D eigenvalue weighted by atomic mass is 10.1. The van der Waals surface area contributed by atoms with E-state index in [9.17, 15) is 14.7 Å². The molecule has 0 radical (unpaired) electrons. The number of hydrogen-bond donors (Lipinski definition) is 5. The molecule has 0 aromatic rings. The summed E-state index contributed by atoms with van der Waals surface area (Å²) in [5.74, 6) is -1.52. The number of aliphatic hydroxyl groups excluding tert-OH is 1. The fraction of sp³-hybridized carbons (Fsp3) is 0.636. The number of carbonyl (C=O) groups excluding carboxylic acids is 1. The molecule has 18 heavy (non-hydrogen) atoms. The molecule has 7 heteroatoms. The number of carboxylic acids is 1. The number of aliphatic hydroxyl groups is 1. The molecular weight excluding hydrogens is 238 g/mol. The monoisotopic (exact) mass is 259 g/mol. The van der Waals surface area contributed by atoms with Crippen LogP contribution in [0.4, 0.5) is 0 Å². The molecule has 0 aliphatic rings. The summed E-state index contributed by atoms with van der Waals surface area (Å²) >= 11 is 0. The minimum absolute atomic E-state index is 0.123. The number of aliphatic carboxylic acids is 1. The first-order valence-corrected chi connectivity index (χ1v) is 5.72. The fourth-order valence-corrected chi connectivity index (χ4v) is 1.32. The Hall–Kier alpha value is -1.44. The van der Waals surface area contributed by atoms with Gasteiger partial charge in [0.2, 0.25) is 5.91 Å². The smallest absolute Gasteiger partial charge is 0.328 e. The summed E-state index contributed by atoms with van der Waals surface area (Å²) in [7, 11) is 0. The molecule has 0 heterocycles. The summed E-state index contributed by atoms with van der Waals surface area (Å²) in [4.78, 5) is 21.8. The molecule has 0 aromatic carbocycles. The van der Waals surface area contributed by atoms with Crippen LogP contribution in [-0.4, -0.2) is 46.8 Å². The minimum atomic E-state index is -1.08. The summed E-state index contributed by atoms with van der Waals surface area (Å²) in [6.07, 6.45) is 2.08. The maximum absolute atomic E-state index is 11.6. The molecule has 7 nitrogen and oxygen atoms in total. The molecule has 0 aliphatic heterocycles. The van der Waals surface area contributed by atoms with E-state index in [1.165, 1.54) is 6.08 Å². The third kappa shape index (κ3) is 7.77. The van der Waals surface area contributed by atoms with Crippen LogP contribution < -0.4 is 16.8 Å². The zero-order chi connectivity index (χ0) is 14.1. The van der Waals surface area contributed by atoms with Gasteiger partial charge in [-0.25, -0.2) is 4.79 Å². The van der Waals surface area contributed by atoms with Crippen LogP contribution in [0.1, 0.15) is 19.8 Å². The maximum Gasteiger partial charge on any atom is 0.328 e. The van der Waals surface area contributed by atoms with Gasteiger partial charge in [0.05, 0.1) is 12.1 Å². The molecule has 104 valence electrons. The van der Waals surface area contributed by atoms with E-state index in [1.807, 2.05) is 0 Å². The second-order valence-electron chi connectivity index (χ2n) is 4.07. The van der Waals surface area contributed by atoms with Crippen molar-refractivity contribution < 1.29 is 19.8 Å². The molecule has 0 fully saturated rings. The topological polar surface area (TPSA) is 139 Å². The van der Waals surface area contributed by atoms with E-state index in [4.69, 9.17) is 16.6 Å². The Balaban J connectivity index is 4.11. The summed E-state index contributed by atoms with van der Waals surface area (Å²) < 4.78 is 0. The van der Waals surface area contributed by atoms with E-state index < -0.39 is 30.1 Å². The van der Waals surface area contributed by atoms with Crippen molar-refractivity contribution in [3.63, 3.8) is 0 Å². The minimum Gasteiger partial charge on any atom is -0.478 e. The van der Waals surface area contributed by atoms with E-state index in [0.29, 0.717) is 13.0 Å². The molecule has 1 amide bonds. The maximum atomic E-state index is 11.6. The van der Waals surface area contributed by atoms with Crippen molar-refractivity contribution >= 4 is 11.9 Å². The van der Waals surface area contributed by atoms with Crippen molar-refractivity contribution in [3.05, 3.63) is 12.2 Å². The van der Waals surface area contributed by atoms with Gasteiger partial charge in [0.1, 0.15) is 0 Å². The highest BCUT2D eigenvalue weighted by Gasteiger charge is 2.18. The summed E-state index contributed by atoms with van der Waals surface area (Å²) in [6, 6.07) is -1.28. The number of rotatable bonds is 8. The first-order chi connectivity index (χ1) is 8.36. The molecule has 0 spiro atoms. The molecule has 0 saturated heterocycles. The van der Waals surface area contributed by atoms with Crippen molar-refractivity contribution in [1.29, 1.82) is 0 Å². The number of hydrogen-bond acceptors (Lipinski definition) is 5. The number of carboxylic acid groups (broad SMARTS) is 1. The van der Waals surface area contributed by atoms with E-state index >= 15 is 0 Å². The number of nitrogens with one attached hydrogen (secondary N) is 1. The van der Waals surface area contributed by atoms with Crippen LogP contribution >= 0.6 is 0 Å². The standard InChI is InChI=1S/C11H21N3O4/c1-7(2-3-10(16)17)14-11(18)9(13)6-8(15)4-5-12/h2-3,7-9,15H,4-6,12-13H2,1H3,(H,14,18)(H,16,17)/b3-2+/t7?,8-,9?/m1/s1. The molecular formula is C11H21N3O4. The molecule has 0 rings (SSSR count). The Morgan fingerprint density at radius 2 is 2.06 bits per heavy atom. The number of nitrogens with two attached hydrogens (primary N) is 2. The van der Waals surface area contributed by atoms with Crippen LogP contribution in [0.3, 0.4) is 0 Å². The molecule has 0 saturated carbocycles. The second kappa shape index (κ2) is 8.62. The van der Waals surface area contributed by atoms with Gasteiger partial charge in [0.25, 0.3) is 0 Å². The second-order valence-corrected chi connectivity index (χ2v) is 4.07. The van der Waals surface area contributed by atoms with Gasteiger partial charge in [-0.15, -0.1) is 0 Å². The third-order valence-corrected chi connectivity index (χ3v) is 2.26. The Labute approximate surface area is 106 Å². The molecule has 0 aliphatic carbocycles. The van der Waals surface area contributed by atoms with Crippen LogP contribution in [0.15, 0.2) is 12.2 Å². The van der Waals surface area contributed by atoms with E-state index in [2.05, 4.69) is 5.32 Å². The van der Waals surface area contributed by atoms with Crippen LogP contribution in [0.5, 0.6) is 0 Å². The largest absolute Gasteiger partial charge is 0.478 e. The van der Waals surface area contributed by atoms with Gasteiger partial charge in [-0.3, -0.25) is 4.79 Å². The average molecular weight is 259 g/mol. The van der Waals surface area contributed by atoms with Gasteiger partial charge in [-0.1, -0.05) is 6.08 Å². The zero-order valence-corrected chi connectivity index (χ0v) is 10.4. The Morgan fingerprint density at radius 3 is 2.56 bits per heavy atom. The van der Waals surface area contributed by atoms with E-state index in [-0.39, 0.29) is 6.42 Å². The van der Waals surface area contributed by atoms with Gasteiger partial charge in [-0.05, 0) is 26.3 Å². The summed E-state index contributed by atoms with van der Waals surface area (Å²) in [5.41, 5.74) is 10.9.